The number of halogens is 3. The second-order valence-corrected chi connectivity index (χ2v) is 12.6. The van der Waals surface area contributed by atoms with Crippen molar-refractivity contribution in [3.8, 4) is 5.75 Å². The summed E-state index contributed by atoms with van der Waals surface area (Å²) in [5.74, 6) is 0.408. The smallest absolute Gasteiger partial charge is 0.223 e. The Balaban J connectivity index is 1.53. The Labute approximate surface area is 227 Å². The van der Waals surface area contributed by atoms with E-state index in [2.05, 4.69) is 0 Å². The number of carbonyl (C=O) groups excluding carboxylic acids is 1. The van der Waals surface area contributed by atoms with Gasteiger partial charge in [-0.25, -0.2) is 12.7 Å². The summed E-state index contributed by atoms with van der Waals surface area (Å²) in [6.07, 6.45) is 1.50. The monoisotopic (exact) mass is 574 g/mol. The highest BCUT2D eigenvalue weighted by Crippen LogP contribution is 2.37. The highest BCUT2D eigenvalue weighted by Gasteiger charge is 2.43. The Bertz CT molecular complexity index is 1170. The molecule has 0 saturated carbocycles. The number of morpholine rings is 1. The van der Waals surface area contributed by atoms with Gasteiger partial charge >= 0.3 is 0 Å². The fourth-order valence-electron chi connectivity index (χ4n) is 4.66. The molecule has 7 nitrogen and oxygen atoms in total. The molecule has 2 aliphatic rings. The van der Waals surface area contributed by atoms with E-state index in [4.69, 9.17) is 44.3 Å². The van der Waals surface area contributed by atoms with E-state index in [1.807, 2.05) is 0 Å². The van der Waals surface area contributed by atoms with E-state index < -0.39 is 15.4 Å². The van der Waals surface area contributed by atoms with Crippen molar-refractivity contribution in [1.29, 1.82) is 0 Å². The van der Waals surface area contributed by atoms with Crippen LogP contribution in [0.1, 0.15) is 24.8 Å². The minimum atomic E-state index is -3.67. The molecule has 11 heteroatoms. The van der Waals surface area contributed by atoms with E-state index in [-0.39, 0.29) is 31.2 Å². The Hall–Kier alpha value is -1.55. The van der Waals surface area contributed by atoms with Crippen molar-refractivity contribution in [2.75, 3.05) is 46.0 Å². The van der Waals surface area contributed by atoms with Gasteiger partial charge in [-0.15, -0.1) is 0 Å². The highest BCUT2D eigenvalue weighted by molar-refractivity contribution is 7.88. The summed E-state index contributed by atoms with van der Waals surface area (Å²) in [6, 6.07) is 11.8. The van der Waals surface area contributed by atoms with Crippen LogP contribution in [0.25, 0.3) is 0 Å². The topological polar surface area (TPSA) is 76.2 Å². The van der Waals surface area contributed by atoms with Gasteiger partial charge in [0, 0.05) is 43.0 Å². The van der Waals surface area contributed by atoms with E-state index in [9.17, 15) is 13.2 Å². The first-order valence-corrected chi connectivity index (χ1v) is 14.6. The van der Waals surface area contributed by atoms with Crippen molar-refractivity contribution in [1.82, 2.24) is 9.21 Å². The molecule has 2 aliphatic heterocycles. The molecule has 1 amide bonds. The molecule has 2 fully saturated rings. The molecular weight excluding hydrogens is 547 g/mol. The van der Waals surface area contributed by atoms with E-state index >= 15 is 0 Å². The van der Waals surface area contributed by atoms with Crippen LogP contribution in [0.4, 0.5) is 0 Å². The van der Waals surface area contributed by atoms with Crippen molar-refractivity contribution >= 4 is 50.7 Å². The van der Waals surface area contributed by atoms with Crippen LogP contribution >= 0.6 is 34.8 Å². The summed E-state index contributed by atoms with van der Waals surface area (Å²) < 4.78 is 39.8. The molecule has 2 aromatic carbocycles. The molecule has 0 radical (unpaired) electrons. The predicted molar refractivity (Wildman–Crippen MR) is 141 cm³/mol. The Kier molecular flexibility index (Phi) is 9.07. The van der Waals surface area contributed by atoms with E-state index in [0.29, 0.717) is 72.1 Å². The lowest BCUT2D eigenvalue weighted by molar-refractivity contribution is -0.139. The van der Waals surface area contributed by atoms with Crippen molar-refractivity contribution in [3.63, 3.8) is 0 Å². The molecule has 36 heavy (non-hydrogen) atoms. The lowest BCUT2D eigenvalue weighted by Crippen LogP contribution is -2.52. The number of hydrogen-bond donors (Lipinski definition) is 0. The Morgan fingerprint density at radius 1 is 1.00 bits per heavy atom. The summed E-state index contributed by atoms with van der Waals surface area (Å²) in [5, 5.41) is 1.28. The van der Waals surface area contributed by atoms with E-state index in [1.165, 1.54) is 4.31 Å². The molecule has 2 aromatic rings. The first kappa shape index (κ1) is 27.5. The van der Waals surface area contributed by atoms with Crippen LogP contribution in [0.5, 0.6) is 5.75 Å². The summed E-state index contributed by atoms with van der Waals surface area (Å²) >= 11 is 18.1. The van der Waals surface area contributed by atoms with Gasteiger partial charge in [-0.05, 0) is 54.8 Å². The number of nitrogens with zero attached hydrogens (tertiary/aromatic N) is 2. The fraction of sp³-hybridized carbons (Fsp3) is 0.480. The van der Waals surface area contributed by atoms with Crippen LogP contribution < -0.4 is 4.74 Å². The zero-order valence-electron chi connectivity index (χ0n) is 19.8. The number of hydrogen-bond acceptors (Lipinski definition) is 5. The molecule has 0 unspecified atom stereocenters. The number of piperidine rings is 1. The predicted octanol–water partition coefficient (Wildman–Crippen LogP) is 4.89. The zero-order chi connectivity index (χ0) is 25.8. The van der Waals surface area contributed by atoms with Crippen molar-refractivity contribution in [3.05, 3.63) is 63.1 Å². The van der Waals surface area contributed by atoms with Gasteiger partial charge in [0.1, 0.15) is 5.75 Å². The summed E-state index contributed by atoms with van der Waals surface area (Å²) in [5.41, 5.74) is -0.111. The van der Waals surface area contributed by atoms with Crippen LogP contribution in [-0.2, 0) is 25.3 Å². The van der Waals surface area contributed by atoms with Gasteiger partial charge in [0.2, 0.25) is 15.9 Å². The minimum absolute atomic E-state index is 0.0123. The van der Waals surface area contributed by atoms with Crippen molar-refractivity contribution in [2.24, 2.45) is 5.41 Å². The first-order valence-electron chi connectivity index (χ1n) is 11.8. The van der Waals surface area contributed by atoms with E-state index in [0.717, 1.165) is 0 Å². The third-order valence-electron chi connectivity index (χ3n) is 6.60. The van der Waals surface area contributed by atoms with Gasteiger partial charge < -0.3 is 14.4 Å². The number of sulfonamides is 1. The summed E-state index contributed by atoms with van der Waals surface area (Å²) in [6.45, 7) is 2.87. The maximum atomic E-state index is 13.4. The first-order chi connectivity index (χ1) is 17.2. The van der Waals surface area contributed by atoms with Crippen molar-refractivity contribution < 1.29 is 22.7 Å². The second kappa shape index (κ2) is 11.9. The number of ether oxygens (including phenoxy) is 2. The third-order valence-corrected chi connectivity index (χ3v) is 9.39. The molecule has 2 heterocycles. The summed E-state index contributed by atoms with van der Waals surface area (Å²) in [4.78, 5) is 15.0. The largest absolute Gasteiger partial charge is 0.493 e. The molecular formula is C25H29Cl3N2O5S. The van der Waals surface area contributed by atoms with Crippen LogP contribution in [0.3, 0.4) is 0 Å². The number of amides is 1. The average molecular weight is 576 g/mol. The molecule has 0 bridgehead atoms. The van der Waals surface area contributed by atoms with Crippen LogP contribution in [-0.4, -0.2) is 69.5 Å². The maximum absolute atomic E-state index is 13.4. The Morgan fingerprint density at radius 2 is 1.72 bits per heavy atom. The minimum Gasteiger partial charge on any atom is -0.493 e. The average Bonchev–Trinajstić information content (AvgIpc) is 2.86. The molecule has 0 N–H and O–H groups in total. The van der Waals surface area contributed by atoms with E-state index in [1.54, 1.807) is 47.4 Å². The number of benzene rings is 2. The van der Waals surface area contributed by atoms with Gasteiger partial charge in [-0.2, -0.15) is 0 Å². The van der Waals surface area contributed by atoms with Gasteiger partial charge in [0.25, 0.3) is 0 Å². The van der Waals surface area contributed by atoms with Gasteiger partial charge in [-0.3, -0.25) is 4.79 Å². The SMILES string of the molecule is O=C(C[C@]1(COc2ccc(Cl)cc2)CCCN(S(=O)(=O)Cc2ccc(Cl)c(Cl)c2)C1)N1CCOCC1. The fourth-order valence-corrected chi connectivity index (χ4v) is 6.76. The van der Waals surface area contributed by atoms with Crippen molar-refractivity contribution in [2.45, 2.75) is 25.0 Å². The van der Waals surface area contributed by atoms with Crippen LogP contribution in [0.15, 0.2) is 42.5 Å². The molecule has 2 saturated heterocycles. The lowest BCUT2D eigenvalue weighted by Gasteiger charge is -2.42. The molecule has 1 atom stereocenters. The molecule has 4 rings (SSSR count). The summed E-state index contributed by atoms with van der Waals surface area (Å²) in [7, 11) is -3.67. The molecule has 196 valence electrons. The Morgan fingerprint density at radius 3 is 2.42 bits per heavy atom. The quantitative estimate of drug-likeness (QED) is 0.448. The third kappa shape index (κ3) is 7.05. The second-order valence-electron chi connectivity index (χ2n) is 9.35. The standard InChI is InChI=1S/C25H29Cl3N2O5S/c26-20-3-5-21(6-4-20)35-18-25(15-24(31)29-10-12-34-13-11-29)8-1-9-30(17-25)36(32,33)16-19-2-7-22(27)23(28)14-19/h2-7,14H,1,8-13,15-18H2/t25-/m1/s1. The number of rotatable bonds is 8. The van der Waals surface area contributed by atoms with Gasteiger partial charge in [-0.1, -0.05) is 40.9 Å². The van der Waals surface area contributed by atoms with Gasteiger partial charge in [0.05, 0.1) is 35.6 Å². The maximum Gasteiger partial charge on any atom is 0.223 e. The normalized spacial score (nSPS) is 21.4. The zero-order valence-corrected chi connectivity index (χ0v) is 22.9. The molecule has 0 aromatic heterocycles. The number of carbonyl (C=O) groups is 1. The van der Waals surface area contributed by atoms with Crippen LogP contribution in [0.2, 0.25) is 15.1 Å². The highest BCUT2D eigenvalue weighted by atomic mass is 35.5. The molecule has 0 spiro atoms. The lowest BCUT2D eigenvalue weighted by atomic mass is 9.78. The van der Waals surface area contributed by atoms with Crippen LogP contribution in [0, 0.1) is 5.41 Å². The van der Waals surface area contributed by atoms with Gasteiger partial charge in [0.15, 0.2) is 0 Å². The molecule has 0 aliphatic carbocycles.